The number of hydrogen-bond acceptors (Lipinski definition) is 3. The fraction of sp³-hybridized carbons (Fsp3) is 0.800. The van der Waals surface area contributed by atoms with Crippen LogP contribution in [0.15, 0.2) is 4.74 Å². The predicted molar refractivity (Wildman–Crippen MR) is 43.3 cm³/mol. The van der Waals surface area contributed by atoms with Gasteiger partial charge in [0.25, 0.3) is 0 Å². The van der Waals surface area contributed by atoms with Crippen molar-refractivity contribution in [3.05, 3.63) is 0 Å². The number of hydrogen-bond donors (Lipinski definition) is 0. The number of carbonyl (C=O) groups is 1. The number of rotatable bonds is 3. The van der Waals surface area contributed by atoms with E-state index in [2.05, 4.69) is 13.8 Å². The van der Waals surface area contributed by atoms with E-state index in [1.165, 1.54) is 11.8 Å². The third-order valence-electron chi connectivity index (χ3n) is 0.716. The molecule has 0 bridgehead atoms. The average molecular weight is 163 g/mol. The summed E-state index contributed by atoms with van der Waals surface area (Å²) in [7, 11) is 2.98. The van der Waals surface area contributed by atoms with E-state index in [9.17, 15) is 4.79 Å². The van der Waals surface area contributed by atoms with Gasteiger partial charge in [0.1, 0.15) is 0 Å². The van der Waals surface area contributed by atoms with Gasteiger partial charge in [-0.15, -0.1) is 0 Å². The van der Waals surface area contributed by atoms with Gasteiger partial charge in [0.05, 0.1) is 6.54 Å². The largest absolute Gasteiger partial charge is 0.288 e. The third kappa shape index (κ3) is 6.00. The van der Waals surface area contributed by atoms with Gasteiger partial charge in [-0.25, -0.2) is 0 Å². The van der Waals surface area contributed by atoms with Gasteiger partial charge in [0, 0.05) is 12.2 Å². The van der Waals surface area contributed by atoms with E-state index in [0.717, 1.165) is 0 Å². The molecule has 0 aromatic carbocycles. The van der Waals surface area contributed by atoms with Crippen LogP contribution in [0.25, 0.3) is 0 Å². The topological polar surface area (TPSA) is 29.4 Å². The Labute approximate surface area is 61.7 Å². The summed E-state index contributed by atoms with van der Waals surface area (Å²) in [5.74, 6) is 0. The number of carbonyl (C=O) groups excluding carboxylic acids is 1. The molecule has 0 saturated carbocycles. The SMILES string of the molecule is CC(=O)SC(C)CN=P. The molecule has 1 unspecified atom stereocenters. The first-order chi connectivity index (χ1) is 4.16. The summed E-state index contributed by atoms with van der Waals surface area (Å²) in [4.78, 5) is 10.4. The van der Waals surface area contributed by atoms with Crippen molar-refractivity contribution in [2.45, 2.75) is 19.1 Å². The van der Waals surface area contributed by atoms with Gasteiger partial charge in [-0.05, 0) is 9.03 Å². The fourth-order valence-electron chi connectivity index (χ4n) is 0.449. The highest BCUT2D eigenvalue weighted by atomic mass is 32.2. The normalized spacial score (nSPS) is 12.7. The van der Waals surface area contributed by atoms with Crippen molar-refractivity contribution in [3.8, 4) is 0 Å². The van der Waals surface area contributed by atoms with Gasteiger partial charge in [0.15, 0.2) is 5.12 Å². The van der Waals surface area contributed by atoms with Crippen LogP contribution < -0.4 is 0 Å². The van der Waals surface area contributed by atoms with Crippen molar-refractivity contribution >= 4 is 25.9 Å². The molecule has 0 fully saturated rings. The van der Waals surface area contributed by atoms with E-state index in [0.29, 0.717) is 11.8 Å². The molecule has 0 spiro atoms. The van der Waals surface area contributed by atoms with Crippen molar-refractivity contribution in [2.24, 2.45) is 4.74 Å². The number of thioether (sulfide) groups is 1. The zero-order valence-electron chi connectivity index (χ0n) is 5.55. The van der Waals surface area contributed by atoms with E-state index in [4.69, 9.17) is 0 Å². The molecular formula is C5H10NOPS. The average Bonchev–Trinajstić information content (AvgIpc) is 1.63. The molecule has 0 aliphatic carbocycles. The van der Waals surface area contributed by atoms with Gasteiger partial charge >= 0.3 is 0 Å². The zero-order chi connectivity index (χ0) is 7.28. The smallest absolute Gasteiger partial charge is 0.186 e. The standard InChI is InChI=1S/C5H10NOPS/c1-4(3-6-8)9-5(2)7/h4,8H,3H2,1-2H3. The first-order valence-electron chi connectivity index (χ1n) is 2.67. The Morgan fingerprint density at radius 3 is 2.78 bits per heavy atom. The lowest BCUT2D eigenvalue weighted by Gasteiger charge is -2.01. The molecule has 52 valence electrons. The predicted octanol–water partition coefficient (Wildman–Crippen LogP) is 1.98. The monoisotopic (exact) mass is 163 g/mol. The summed E-state index contributed by atoms with van der Waals surface area (Å²) >= 11 is 1.32. The van der Waals surface area contributed by atoms with Crippen molar-refractivity contribution < 1.29 is 4.79 Å². The van der Waals surface area contributed by atoms with Crippen molar-refractivity contribution in [1.29, 1.82) is 0 Å². The maximum absolute atomic E-state index is 10.4. The molecule has 0 radical (unpaired) electrons. The highest BCUT2D eigenvalue weighted by Gasteiger charge is 2.02. The molecule has 1 atom stereocenters. The molecule has 0 aliphatic rings. The lowest BCUT2D eigenvalue weighted by atomic mass is 10.5. The molecule has 0 N–H and O–H groups in total. The van der Waals surface area contributed by atoms with Crippen LogP contribution in [0.2, 0.25) is 0 Å². The third-order valence-corrected chi connectivity index (χ3v) is 1.78. The lowest BCUT2D eigenvalue weighted by molar-refractivity contribution is -0.109. The molecular weight excluding hydrogens is 153 g/mol. The van der Waals surface area contributed by atoms with Crippen LogP contribution in [0.4, 0.5) is 0 Å². The van der Waals surface area contributed by atoms with Crippen LogP contribution in [0.5, 0.6) is 0 Å². The van der Waals surface area contributed by atoms with Gasteiger partial charge in [-0.1, -0.05) is 18.7 Å². The summed E-state index contributed by atoms with van der Waals surface area (Å²) in [6, 6.07) is 0. The van der Waals surface area contributed by atoms with Crippen LogP contribution in [0, 0.1) is 0 Å². The molecule has 0 amide bonds. The van der Waals surface area contributed by atoms with Gasteiger partial charge in [0.2, 0.25) is 0 Å². The second-order valence-electron chi connectivity index (χ2n) is 1.76. The molecule has 0 rings (SSSR count). The maximum atomic E-state index is 10.4. The van der Waals surface area contributed by atoms with E-state index in [-0.39, 0.29) is 5.12 Å². The Hall–Kier alpha value is 0.120. The van der Waals surface area contributed by atoms with Crippen LogP contribution >= 0.6 is 20.8 Å². The quantitative estimate of drug-likeness (QED) is 0.595. The summed E-state index contributed by atoms with van der Waals surface area (Å²) < 4.78 is 3.72. The molecule has 0 aliphatic heterocycles. The minimum atomic E-state index is 0.151. The van der Waals surface area contributed by atoms with Crippen molar-refractivity contribution in [2.75, 3.05) is 6.54 Å². The second kappa shape index (κ2) is 4.95. The van der Waals surface area contributed by atoms with Crippen molar-refractivity contribution in [1.82, 2.24) is 0 Å². The highest BCUT2D eigenvalue weighted by molar-refractivity contribution is 8.14. The zero-order valence-corrected chi connectivity index (χ0v) is 7.36. The van der Waals surface area contributed by atoms with Gasteiger partial charge < -0.3 is 0 Å². The summed E-state index contributed by atoms with van der Waals surface area (Å²) in [6.45, 7) is 4.21. The van der Waals surface area contributed by atoms with Crippen molar-refractivity contribution in [3.63, 3.8) is 0 Å². The Morgan fingerprint density at radius 2 is 2.44 bits per heavy atom. The molecule has 9 heavy (non-hydrogen) atoms. The second-order valence-corrected chi connectivity index (χ2v) is 3.69. The maximum Gasteiger partial charge on any atom is 0.186 e. The van der Waals surface area contributed by atoms with Gasteiger partial charge in [-0.2, -0.15) is 0 Å². The molecule has 0 aromatic rings. The van der Waals surface area contributed by atoms with E-state index in [1.807, 2.05) is 6.92 Å². The Bertz CT molecular complexity index is 118. The highest BCUT2D eigenvalue weighted by Crippen LogP contribution is 2.10. The lowest BCUT2D eigenvalue weighted by Crippen LogP contribution is -2.02. The van der Waals surface area contributed by atoms with Crippen LogP contribution in [0.3, 0.4) is 0 Å². The van der Waals surface area contributed by atoms with E-state index < -0.39 is 0 Å². The van der Waals surface area contributed by atoms with Gasteiger partial charge in [-0.3, -0.25) is 9.54 Å². The minimum absolute atomic E-state index is 0.151. The Morgan fingerprint density at radius 1 is 1.89 bits per heavy atom. The molecule has 0 saturated heterocycles. The molecule has 2 nitrogen and oxygen atoms in total. The Kier molecular flexibility index (Phi) is 5.02. The van der Waals surface area contributed by atoms with Crippen LogP contribution in [0.1, 0.15) is 13.8 Å². The van der Waals surface area contributed by atoms with E-state index >= 15 is 0 Å². The van der Waals surface area contributed by atoms with Crippen LogP contribution in [-0.4, -0.2) is 16.9 Å². The Balaban J connectivity index is 3.37. The first kappa shape index (κ1) is 9.12. The number of nitrogens with zero attached hydrogens (tertiary/aromatic N) is 1. The minimum Gasteiger partial charge on any atom is -0.288 e. The summed E-state index contributed by atoms with van der Waals surface area (Å²) in [5.41, 5.74) is 0. The fourth-order valence-corrected chi connectivity index (χ4v) is 1.57. The molecule has 4 heteroatoms. The van der Waals surface area contributed by atoms with E-state index in [1.54, 1.807) is 6.92 Å². The summed E-state index contributed by atoms with van der Waals surface area (Å²) in [6.07, 6.45) is 0. The molecule has 0 heterocycles. The first-order valence-corrected chi connectivity index (χ1v) is 4.00. The molecule has 0 aromatic heterocycles. The van der Waals surface area contributed by atoms with Crippen LogP contribution in [-0.2, 0) is 4.79 Å². The summed E-state index contributed by atoms with van der Waals surface area (Å²) in [5, 5.41) is 0.442.